The molecule has 16 heavy (non-hydrogen) atoms. The Balaban J connectivity index is 1.60. The molecule has 2 fully saturated rings. The second-order valence-corrected chi connectivity index (χ2v) is 5.87. The van der Waals surface area contributed by atoms with E-state index in [1.54, 1.807) is 0 Å². The summed E-state index contributed by atoms with van der Waals surface area (Å²) < 4.78 is 0. The van der Waals surface area contributed by atoms with Crippen molar-refractivity contribution >= 4 is 0 Å². The van der Waals surface area contributed by atoms with Crippen LogP contribution in [0.1, 0.15) is 46.0 Å². The van der Waals surface area contributed by atoms with Crippen LogP contribution in [0.2, 0.25) is 0 Å². The summed E-state index contributed by atoms with van der Waals surface area (Å²) in [6, 6.07) is 0.807. The molecule has 0 bridgehead atoms. The highest BCUT2D eigenvalue weighted by Crippen LogP contribution is 2.33. The molecule has 1 N–H and O–H groups in total. The van der Waals surface area contributed by atoms with E-state index < -0.39 is 0 Å². The Labute approximate surface area is 101 Å². The van der Waals surface area contributed by atoms with Gasteiger partial charge in [-0.05, 0) is 63.6 Å². The van der Waals surface area contributed by atoms with E-state index in [1.165, 1.54) is 58.3 Å². The van der Waals surface area contributed by atoms with E-state index >= 15 is 0 Å². The van der Waals surface area contributed by atoms with Gasteiger partial charge in [0.05, 0.1) is 0 Å². The van der Waals surface area contributed by atoms with Gasteiger partial charge >= 0.3 is 0 Å². The molecule has 0 radical (unpaired) electrons. The fourth-order valence-corrected chi connectivity index (χ4v) is 2.97. The highest BCUT2D eigenvalue weighted by atomic mass is 15.1. The first-order valence-corrected chi connectivity index (χ1v) is 7.25. The van der Waals surface area contributed by atoms with Crippen molar-refractivity contribution in [3.05, 3.63) is 0 Å². The SMILES string of the molecule is CCC(NCC(C)CN1CCCC1)C1CC1. The molecule has 1 aliphatic carbocycles. The van der Waals surface area contributed by atoms with Crippen LogP contribution in [0.15, 0.2) is 0 Å². The van der Waals surface area contributed by atoms with Crippen molar-refractivity contribution in [1.29, 1.82) is 0 Å². The minimum absolute atomic E-state index is 0.807. The van der Waals surface area contributed by atoms with Crippen LogP contribution in [0.5, 0.6) is 0 Å². The number of rotatable bonds is 7. The lowest BCUT2D eigenvalue weighted by molar-refractivity contribution is 0.274. The van der Waals surface area contributed by atoms with Crippen LogP contribution < -0.4 is 5.32 Å². The van der Waals surface area contributed by atoms with Crippen LogP contribution in [0.3, 0.4) is 0 Å². The standard InChI is InChI=1S/C14H28N2/c1-3-14(13-6-7-13)15-10-12(2)11-16-8-4-5-9-16/h12-15H,3-11H2,1-2H3. The van der Waals surface area contributed by atoms with Gasteiger partial charge in [0, 0.05) is 12.6 Å². The zero-order chi connectivity index (χ0) is 11.4. The third-order valence-electron chi connectivity index (χ3n) is 4.13. The highest BCUT2D eigenvalue weighted by molar-refractivity contribution is 4.86. The van der Waals surface area contributed by atoms with Crippen LogP contribution in [-0.4, -0.2) is 37.1 Å². The number of nitrogens with zero attached hydrogens (tertiary/aromatic N) is 1. The summed E-state index contributed by atoms with van der Waals surface area (Å²) in [5, 5.41) is 3.78. The first kappa shape index (κ1) is 12.4. The fraction of sp³-hybridized carbons (Fsp3) is 1.00. The topological polar surface area (TPSA) is 15.3 Å². The second-order valence-electron chi connectivity index (χ2n) is 5.87. The second kappa shape index (κ2) is 6.02. The molecular weight excluding hydrogens is 196 g/mol. The van der Waals surface area contributed by atoms with Crippen LogP contribution in [0.25, 0.3) is 0 Å². The Morgan fingerprint density at radius 1 is 1.25 bits per heavy atom. The van der Waals surface area contributed by atoms with E-state index in [2.05, 4.69) is 24.1 Å². The first-order chi connectivity index (χ1) is 7.79. The predicted octanol–water partition coefficient (Wildman–Crippen LogP) is 2.50. The van der Waals surface area contributed by atoms with Crippen molar-refractivity contribution in [3.63, 3.8) is 0 Å². The van der Waals surface area contributed by atoms with Crippen molar-refractivity contribution in [1.82, 2.24) is 10.2 Å². The summed E-state index contributed by atoms with van der Waals surface area (Å²) in [5.41, 5.74) is 0. The molecule has 2 aliphatic rings. The predicted molar refractivity (Wildman–Crippen MR) is 69.6 cm³/mol. The zero-order valence-corrected chi connectivity index (χ0v) is 11.0. The van der Waals surface area contributed by atoms with Gasteiger partial charge in [-0.3, -0.25) is 0 Å². The Morgan fingerprint density at radius 2 is 1.94 bits per heavy atom. The monoisotopic (exact) mass is 224 g/mol. The molecule has 94 valence electrons. The lowest BCUT2D eigenvalue weighted by Crippen LogP contribution is -2.37. The van der Waals surface area contributed by atoms with Crippen LogP contribution in [-0.2, 0) is 0 Å². The maximum absolute atomic E-state index is 3.78. The molecule has 2 atom stereocenters. The van der Waals surface area contributed by atoms with Gasteiger partial charge in [-0.1, -0.05) is 13.8 Å². The molecule has 1 saturated carbocycles. The van der Waals surface area contributed by atoms with E-state index in [0.29, 0.717) is 0 Å². The van der Waals surface area contributed by atoms with Gasteiger partial charge in [0.1, 0.15) is 0 Å². The van der Waals surface area contributed by atoms with Crippen molar-refractivity contribution in [3.8, 4) is 0 Å². The van der Waals surface area contributed by atoms with E-state index in [1.807, 2.05) is 0 Å². The minimum atomic E-state index is 0.807. The molecule has 0 amide bonds. The third kappa shape index (κ3) is 3.74. The number of hydrogen-bond acceptors (Lipinski definition) is 2. The molecule has 0 aromatic carbocycles. The maximum Gasteiger partial charge on any atom is 0.00928 e. The van der Waals surface area contributed by atoms with Gasteiger partial charge in [-0.15, -0.1) is 0 Å². The Bertz CT molecular complexity index is 195. The van der Waals surface area contributed by atoms with Crippen molar-refractivity contribution in [2.45, 2.75) is 52.0 Å². The molecule has 0 spiro atoms. The number of nitrogens with one attached hydrogen (secondary N) is 1. The highest BCUT2D eigenvalue weighted by Gasteiger charge is 2.29. The van der Waals surface area contributed by atoms with E-state index in [9.17, 15) is 0 Å². The van der Waals surface area contributed by atoms with Gasteiger partial charge < -0.3 is 10.2 Å². The number of likely N-dealkylation sites (tertiary alicyclic amines) is 1. The van der Waals surface area contributed by atoms with Gasteiger partial charge in [0.2, 0.25) is 0 Å². The van der Waals surface area contributed by atoms with Gasteiger partial charge in [-0.25, -0.2) is 0 Å². The first-order valence-electron chi connectivity index (χ1n) is 7.25. The van der Waals surface area contributed by atoms with Gasteiger partial charge in [0.25, 0.3) is 0 Å². The molecule has 2 nitrogen and oxygen atoms in total. The third-order valence-corrected chi connectivity index (χ3v) is 4.13. The van der Waals surface area contributed by atoms with Crippen molar-refractivity contribution < 1.29 is 0 Å². The molecule has 1 saturated heterocycles. The largest absolute Gasteiger partial charge is 0.313 e. The number of hydrogen-bond donors (Lipinski definition) is 1. The summed E-state index contributed by atoms with van der Waals surface area (Å²) in [7, 11) is 0. The van der Waals surface area contributed by atoms with Crippen LogP contribution >= 0.6 is 0 Å². The molecule has 0 aromatic heterocycles. The molecule has 1 aliphatic heterocycles. The lowest BCUT2D eigenvalue weighted by atomic mass is 10.1. The van der Waals surface area contributed by atoms with Crippen LogP contribution in [0.4, 0.5) is 0 Å². The minimum Gasteiger partial charge on any atom is -0.313 e. The van der Waals surface area contributed by atoms with E-state index in [0.717, 1.165) is 17.9 Å². The Morgan fingerprint density at radius 3 is 2.50 bits per heavy atom. The van der Waals surface area contributed by atoms with Crippen molar-refractivity contribution in [2.24, 2.45) is 11.8 Å². The molecule has 2 heteroatoms. The van der Waals surface area contributed by atoms with Gasteiger partial charge in [0.15, 0.2) is 0 Å². The lowest BCUT2D eigenvalue weighted by Gasteiger charge is -2.23. The summed E-state index contributed by atoms with van der Waals surface area (Å²) in [6.45, 7) is 9.90. The van der Waals surface area contributed by atoms with E-state index in [4.69, 9.17) is 0 Å². The average molecular weight is 224 g/mol. The summed E-state index contributed by atoms with van der Waals surface area (Å²) >= 11 is 0. The molecule has 2 unspecified atom stereocenters. The Kier molecular flexibility index (Phi) is 4.66. The molecular formula is C14H28N2. The normalized spacial score (nSPS) is 25.9. The van der Waals surface area contributed by atoms with Gasteiger partial charge in [-0.2, -0.15) is 0 Å². The molecule has 0 aromatic rings. The zero-order valence-electron chi connectivity index (χ0n) is 11.0. The van der Waals surface area contributed by atoms with Crippen LogP contribution in [0, 0.1) is 11.8 Å². The summed E-state index contributed by atoms with van der Waals surface area (Å²) in [4.78, 5) is 2.63. The average Bonchev–Trinajstić information content (AvgIpc) is 2.98. The van der Waals surface area contributed by atoms with Crippen molar-refractivity contribution in [2.75, 3.05) is 26.2 Å². The van der Waals surface area contributed by atoms with E-state index in [-0.39, 0.29) is 0 Å². The quantitative estimate of drug-likeness (QED) is 0.715. The molecule has 1 heterocycles. The Hall–Kier alpha value is -0.0800. The summed E-state index contributed by atoms with van der Waals surface area (Å²) in [6.07, 6.45) is 7.07. The summed E-state index contributed by atoms with van der Waals surface area (Å²) in [5.74, 6) is 1.81. The molecule has 2 rings (SSSR count). The maximum atomic E-state index is 3.78. The smallest absolute Gasteiger partial charge is 0.00928 e. The fourth-order valence-electron chi connectivity index (χ4n) is 2.97.